The van der Waals surface area contributed by atoms with Crippen LogP contribution in [0.3, 0.4) is 0 Å². The molecule has 90 valence electrons. The molecule has 0 aliphatic carbocycles. The predicted octanol–water partition coefficient (Wildman–Crippen LogP) is 3.26. The number of hydrogen-bond acceptors (Lipinski definition) is 4. The summed E-state index contributed by atoms with van der Waals surface area (Å²) >= 11 is 1.68. The van der Waals surface area contributed by atoms with Gasteiger partial charge in [-0.2, -0.15) is 5.26 Å². The van der Waals surface area contributed by atoms with E-state index < -0.39 is 0 Å². The van der Waals surface area contributed by atoms with Crippen molar-refractivity contribution >= 4 is 11.8 Å². The Kier molecular flexibility index (Phi) is 3.96. The van der Waals surface area contributed by atoms with E-state index in [4.69, 9.17) is 5.26 Å². The van der Waals surface area contributed by atoms with E-state index >= 15 is 0 Å². The first kappa shape index (κ1) is 12.6. The zero-order valence-corrected chi connectivity index (χ0v) is 11.2. The van der Waals surface area contributed by atoms with Gasteiger partial charge in [-0.15, -0.1) is 11.8 Å². The van der Waals surface area contributed by atoms with Crippen LogP contribution in [0.2, 0.25) is 0 Å². The molecule has 3 nitrogen and oxygen atoms in total. The van der Waals surface area contributed by atoms with Gasteiger partial charge in [0.25, 0.3) is 0 Å². The van der Waals surface area contributed by atoms with Gasteiger partial charge in [-0.1, -0.05) is 12.1 Å². The molecule has 0 fully saturated rings. The molecule has 0 radical (unpaired) electrons. The molecule has 0 aliphatic heterocycles. The van der Waals surface area contributed by atoms with E-state index in [-0.39, 0.29) is 0 Å². The van der Waals surface area contributed by atoms with Crippen molar-refractivity contribution in [3.05, 3.63) is 53.0 Å². The fourth-order valence-corrected chi connectivity index (χ4v) is 2.55. The molecule has 0 spiro atoms. The van der Waals surface area contributed by atoms with Crippen LogP contribution in [0.5, 0.6) is 0 Å². The van der Waals surface area contributed by atoms with Crippen LogP contribution in [0.15, 0.2) is 35.4 Å². The summed E-state index contributed by atoms with van der Waals surface area (Å²) < 4.78 is 0. The topological polar surface area (TPSA) is 49.6 Å². The highest BCUT2D eigenvalue weighted by atomic mass is 32.2. The first-order valence-corrected chi connectivity index (χ1v) is 6.60. The van der Waals surface area contributed by atoms with Crippen molar-refractivity contribution in [2.45, 2.75) is 24.6 Å². The Hall–Kier alpha value is -1.86. The highest BCUT2D eigenvalue weighted by Gasteiger charge is 2.01. The van der Waals surface area contributed by atoms with E-state index in [9.17, 15) is 0 Å². The van der Waals surface area contributed by atoms with Crippen molar-refractivity contribution in [2.24, 2.45) is 0 Å². The zero-order chi connectivity index (χ0) is 13.0. The Morgan fingerprint density at radius 1 is 1.17 bits per heavy atom. The first-order valence-electron chi connectivity index (χ1n) is 5.61. The number of nitriles is 1. The second kappa shape index (κ2) is 5.65. The summed E-state index contributed by atoms with van der Waals surface area (Å²) in [6.07, 6.45) is 0. The molecule has 2 rings (SSSR count). The van der Waals surface area contributed by atoms with Gasteiger partial charge in [0.1, 0.15) is 10.9 Å². The van der Waals surface area contributed by atoms with E-state index in [2.05, 4.69) is 16.0 Å². The van der Waals surface area contributed by atoms with Crippen LogP contribution in [-0.4, -0.2) is 9.97 Å². The van der Waals surface area contributed by atoms with Crippen LogP contribution in [0.1, 0.15) is 22.6 Å². The zero-order valence-electron chi connectivity index (χ0n) is 10.3. The predicted molar refractivity (Wildman–Crippen MR) is 72.2 cm³/mol. The van der Waals surface area contributed by atoms with Crippen molar-refractivity contribution in [1.29, 1.82) is 5.26 Å². The van der Waals surface area contributed by atoms with Gasteiger partial charge in [-0.05, 0) is 37.6 Å². The average molecular weight is 255 g/mol. The van der Waals surface area contributed by atoms with Crippen LogP contribution < -0.4 is 0 Å². The van der Waals surface area contributed by atoms with Gasteiger partial charge in [0.15, 0.2) is 0 Å². The van der Waals surface area contributed by atoms with Crippen molar-refractivity contribution in [1.82, 2.24) is 9.97 Å². The third-order valence-corrected chi connectivity index (χ3v) is 3.39. The molecule has 1 aromatic heterocycles. The Labute approximate surface area is 111 Å². The van der Waals surface area contributed by atoms with Gasteiger partial charge in [0, 0.05) is 11.4 Å². The number of benzene rings is 1. The molecule has 0 atom stereocenters. The largest absolute Gasteiger partial charge is 0.238 e. The molecule has 1 aromatic carbocycles. The lowest BCUT2D eigenvalue weighted by atomic mass is 10.2. The Bertz CT molecular complexity index is 565. The van der Waals surface area contributed by atoms with Crippen LogP contribution in [0, 0.1) is 25.2 Å². The number of hydrogen-bond donors (Lipinski definition) is 0. The van der Waals surface area contributed by atoms with Crippen LogP contribution in [0.4, 0.5) is 0 Å². The summed E-state index contributed by atoms with van der Waals surface area (Å²) in [4.78, 5) is 8.63. The molecule has 0 unspecified atom stereocenters. The average Bonchev–Trinajstić information content (AvgIpc) is 2.36. The van der Waals surface area contributed by atoms with Crippen molar-refractivity contribution < 1.29 is 0 Å². The van der Waals surface area contributed by atoms with Gasteiger partial charge in [-0.3, -0.25) is 0 Å². The lowest BCUT2D eigenvalue weighted by Crippen LogP contribution is -1.92. The van der Waals surface area contributed by atoms with E-state index in [0.717, 1.165) is 22.3 Å². The molecule has 0 bridgehead atoms. The summed E-state index contributed by atoms with van der Waals surface area (Å²) in [7, 11) is 0. The van der Waals surface area contributed by atoms with Crippen LogP contribution in [0.25, 0.3) is 0 Å². The molecular weight excluding hydrogens is 242 g/mol. The standard InChI is InChI=1S/C14H13N3S/c1-10-7-14(17-11(2)16-10)18-9-13-5-3-12(8-15)4-6-13/h3-7H,9H2,1-2H3. The minimum Gasteiger partial charge on any atom is -0.238 e. The number of rotatable bonds is 3. The first-order chi connectivity index (χ1) is 8.67. The van der Waals surface area contributed by atoms with E-state index in [1.807, 2.05) is 44.2 Å². The van der Waals surface area contributed by atoms with Gasteiger partial charge in [-0.25, -0.2) is 9.97 Å². The molecule has 0 N–H and O–H groups in total. The SMILES string of the molecule is Cc1cc(SCc2ccc(C#N)cc2)nc(C)n1. The number of aromatic nitrogens is 2. The molecular formula is C14H13N3S. The molecule has 1 heterocycles. The van der Waals surface area contributed by atoms with Crippen LogP contribution >= 0.6 is 11.8 Å². The third-order valence-electron chi connectivity index (χ3n) is 2.41. The minimum absolute atomic E-state index is 0.692. The molecule has 0 aliphatic rings. The third kappa shape index (κ3) is 3.31. The van der Waals surface area contributed by atoms with Gasteiger partial charge >= 0.3 is 0 Å². The highest BCUT2D eigenvalue weighted by Crippen LogP contribution is 2.21. The smallest absolute Gasteiger partial charge is 0.126 e. The molecule has 18 heavy (non-hydrogen) atoms. The lowest BCUT2D eigenvalue weighted by Gasteiger charge is -2.03. The number of nitrogens with zero attached hydrogens (tertiary/aromatic N) is 3. The summed E-state index contributed by atoms with van der Waals surface area (Å²) in [5, 5.41) is 9.72. The molecule has 0 saturated carbocycles. The Morgan fingerprint density at radius 3 is 2.50 bits per heavy atom. The maximum absolute atomic E-state index is 8.73. The minimum atomic E-state index is 0.692. The normalized spacial score (nSPS) is 10.1. The van der Waals surface area contributed by atoms with E-state index in [1.54, 1.807) is 11.8 Å². The van der Waals surface area contributed by atoms with Crippen LogP contribution in [-0.2, 0) is 5.75 Å². The maximum atomic E-state index is 8.73. The van der Waals surface area contributed by atoms with Gasteiger partial charge in [0.05, 0.1) is 11.6 Å². The quantitative estimate of drug-likeness (QED) is 0.624. The molecule has 2 aromatic rings. The monoisotopic (exact) mass is 255 g/mol. The number of thioether (sulfide) groups is 1. The van der Waals surface area contributed by atoms with Crippen molar-refractivity contribution in [3.63, 3.8) is 0 Å². The summed E-state index contributed by atoms with van der Waals surface area (Å²) in [6, 6.07) is 11.7. The fourth-order valence-electron chi connectivity index (χ4n) is 1.59. The highest BCUT2D eigenvalue weighted by molar-refractivity contribution is 7.98. The number of aryl methyl sites for hydroxylation is 2. The van der Waals surface area contributed by atoms with Gasteiger partial charge in [0.2, 0.25) is 0 Å². The van der Waals surface area contributed by atoms with Crippen molar-refractivity contribution in [2.75, 3.05) is 0 Å². The fraction of sp³-hybridized carbons (Fsp3) is 0.214. The Morgan fingerprint density at radius 2 is 1.89 bits per heavy atom. The second-order valence-corrected chi connectivity index (χ2v) is 4.99. The lowest BCUT2D eigenvalue weighted by molar-refractivity contribution is 0.936. The molecule has 0 amide bonds. The summed E-state index contributed by atoms with van der Waals surface area (Å²) in [6.45, 7) is 3.87. The maximum Gasteiger partial charge on any atom is 0.126 e. The molecule has 0 saturated heterocycles. The van der Waals surface area contributed by atoms with Crippen molar-refractivity contribution in [3.8, 4) is 6.07 Å². The molecule has 4 heteroatoms. The second-order valence-electron chi connectivity index (χ2n) is 3.99. The van der Waals surface area contributed by atoms with Gasteiger partial charge < -0.3 is 0 Å². The summed E-state index contributed by atoms with van der Waals surface area (Å²) in [5.41, 5.74) is 2.87. The summed E-state index contributed by atoms with van der Waals surface area (Å²) in [5.74, 6) is 1.65. The van der Waals surface area contributed by atoms with E-state index in [0.29, 0.717) is 5.56 Å². The van der Waals surface area contributed by atoms with E-state index in [1.165, 1.54) is 5.56 Å². The Balaban J connectivity index is 2.04.